The molecule has 0 fully saturated rings. The number of carboxylic acid groups (broad SMARTS) is 1. The van der Waals surface area contributed by atoms with Crippen molar-refractivity contribution in [1.82, 2.24) is 9.97 Å². The van der Waals surface area contributed by atoms with Crippen LogP contribution in [0.3, 0.4) is 0 Å². The van der Waals surface area contributed by atoms with Gasteiger partial charge in [0.15, 0.2) is 5.69 Å². The number of aromatic nitrogens is 2. The second-order valence-electron chi connectivity index (χ2n) is 4.31. The number of nitrogens with zero attached hydrogens (tertiary/aromatic N) is 3. The van der Waals surface area contributed by atoms with E-state index in [0.717, 1.165) is 5.56 Å². The standard InChI is InChI=1S/C14H15N3O2/c1-10-15-12(14(18)19)8-13(16-10)17(2)9-11-6-4-3-5-7-11/h3-8H,9H2,1-2H3,(H,18,19). The normalized spacial score (nSPS) is 10.2. The fourth-order valence-electron chi connectivity index (χ4n) is 1.80. The van der Waals surface area contributed by atoms with Crippen LogP contribution in [0.4, 0.5) is 5.82 Å². The van der Waals surface area contributed by atoms with Crippen molar-refractivity contribution in [1.29, 1.82) is 0 Å². The van der Waals surface area contributed by atoms with Gasteiger partial charge in [-0.15, -0.1) is 0 Å². The number of anilines is 1. The minimum absolute atomic E-state index is 0.0161. The number of hydrogen-bond acceptors (Lipinski definition) is 4. The monoisotopic (exact) mass is 257 g/mol. The Morgan fingerprint density at radius 3 is 2.58 bits per heavy atom. The minimum atomic E-state index is -1.04. The van der Waals surface area contributed by atoms with E-state index < -0.39 is 5.97 Å². The Bertz CT molecular complexity index is 584. The number of carboxylic acids is 1. The van der Waals surface area contributed by atoms with Crippen molar-refractivity contribution in [2.24, 2.45) is 0 Å². The van der Waals surface area contributed by atoms with E-state index in [1.807, 2.05) is 42.3 Å². The van der Waals surface area contributed by atoms with E-state index in [1.54, 1.807) is 6.92 Å². The maximum atomic E-state index is 11.0. The minimum Gasteiger partial charge on any atom is -0.477 e. The molecule has 0 aliphatic rings. The smallest absolute Gasteiger partial charge is 0.354 e. The van der Waals surface area contributed by atoms with Crippen LogP contribution in [0.15, 0.2) is 36.4 Å². The van der Waals surface area contributed by atoms with E-state index in [9.17, 15) is 4.79 Å². The lowest BCUT2D eigenvalue weighted by atomic mass is 10.2. The molecule has 1 aromatic heterocycles. The van der Waals surface area contributed by atoms with Gasteiger partial charge in [-0.25, -0.2) is 14.8 Å². The Kier molecular flexibility index (Phi) is 3.75. The predicted molar refractivity (Wildman–Crippen MR) is 72.3 cm³/mol. The third kappa shape index (κ3) is 3.28. The van der Waals surface area contributed by atoms with Gasteiger partial charge in [-0.3, -0.25) is 0 Å². The Hall–Kier alpha value is -2.43. The van der Waals surface area contributed by atoms with Crippen LogP contribution in [-0.2, 0) is 6.54 Å². The molecule has 0 aliphatic heterocycles. The van der Waals surface area contributed by atoms with Crippen molar-refractivity contribution in [3.8, 4) is 0 Å². The molecule has 2 aromatic rings. The van der Waals surface area contributed by atoms with Crippen molar-refractivity contribution >= 4 is 11.8 Å². The van der Waals surface area contributed by atoms with Gasteiger partial charge in [-0.2, -0.15) is 0 Å². The molecular formula is C14H15N3O2. The molecule has 5 nitrogen and oxygen atoms in total. The highest BCUT2D eigenvalue weighted by Crippen LogP contribution is 2.14. The van der Waals surface area contributed by atoms with Gasteiger partial charge in [-0.1, -0.05) is 30.3 Å². The SMILES string of the molecule is Cc1nc(C(=O)O)cc(N(C)Cc2ccccc2)n1. The van der Waals surface area contributed by atoms with Crippen LogP contribution in [0.1, 0.15) is 21.9 Å². The summed E-state index contributed by atoms with van der Waals surface area (Å²) >= 11 is 0. The van der Waals surface area contributed by atoms with Gasteiger partial charge >= 0.3 is 5.97 Å². The lowest BCUT2D eigenvalue weighted by Crippen LogP contribution is -2.19. The zero-order valence-corrected chi connectivity index (χ0v) is 10.9. The molecule has 0 amide bonds. The summed E-state index contributed by atoms with van der Waals surface area (Å²) in [6.45, 7) is 2.35. The number of rotatable bonds is 4. The number of benzene rings is 1. The number of carbonyl (C=O) groups is 1. The molecule has 19 heavy (non-hydrogen) atoms. The Labute approximate surface area is 111 Å². The Balaban J connectivity index is 2.24. The Morgan fingerprint density at radius 2 is 1.95 bits per heavy atom. The summed E-state index contributed by atoms with van der Waals surface area (Å²) in [5.74, 6) is 0.0171. The molecule has 0 saturated heterocycles. The van der Waals surface area contributed by atoms with Gasteiger partial charge in [0.1, 0.15) is 11.6 Å². The van der Waals surface area contributed by atoms with Crippen molar-refractivity contribution in [3.05, 3.63) is 53.5 Å². The molecule has 0 atom stereocenters. The molecule has 0 bridgehead atoms. The molecule has 1 N–H and O–H groups in total. The first kappa shape index (κ1) is 13.0. The molecular weight excluding hydrogens is 242 g/mol. The third-order valence-corrected chi connectivity index (χ3v) is 2.70. The van der Waals surface area contributed by atoms with Crippen molar-refractivity contribution in [2.75, 3.05) is 11.9 Å². The van der Waals surface area contributed by atoms with Crippen LogP contribution in [0.2, 0.25) is 0 Å². The molecule has 0 aliphatic carbocycles. The summed E-state index contributed by atoms with van der Waals surface area (Å²) in [6, 6.07) is 11.4. The van der Waals surface area contributed by atoms with Crippen LogP contribution in [-0.4, -0.2) is 28.1 Å². The summed E-state index contributed by atoms with van der Waals surface area (Å²) in [7, 11) is 1.88. The van der Waals surface area contributed by atoms with E-state index in [4.69, 9.17) is 5.11 Å². The fourth-order valence-corrected chi connectivity index (χ4v) is 1.80. The summed E-state index contributed by atoms with van der Waals surface area (Å²) in [5.41, 5.74) is 1.15. The van der Waals surface area contributed by atoms with E-state index in [2.05, 4.69) is 9.97 Å². The molecule has 1 heterocycles. The highest BCUT2D eigenvalue weighted by molar-refractivity contribution is 5.86. The van der Waals surface area contributed by atoms with Crippen molar-refractivity contribution < 1.29 is 9.90 Å². The van der Waals surface area contributed by atoms with Gasteiger partial charge in [0.25, 0.3) is 0 Å². The molecule has 0 unspecified atom stereocenters. The molecule has 0 saturated carbocycles. The second-order valence-corrected chi connectivity index (χ2v) is 4.31. The van der Waals surface area contributed by atoms with E-state index >= 15 is 0 Å². The average Bonchev–Trinajstić information content (AvgIpc) is 2.39. The first-order valence-electron chi connectivity index (χ1n) is 5.90. The second kappa shape index (κ2) is 5.48. The van der Waals surface area contributed by atoms with Gasteiger partial charge < -0.3 is 10.0 Å². The molecule has 2 rings (SSSR count). The fraction of sp³-hybridized carbons (Fsp3) is 0.214. The van der Waals surface area contributed by atoms with Gasteiger partial charge in [0, 0.05) is 19.7 Å². The van der Waals surface area contributed by atoms with E-state index in [1.165, 1.54) is 6.07 Å². The highest BCUT2D eigenvalue weighted by Gasteiger charge is 2.11. The lowest BCUT2D eigenvalue weighted by molar-refractivity contribution is 0.0690. The summed E-state index contributed by atoms with van der Waals surface area (Å²) in [6.07, 6.45) is 0. The molecule has 1 aromatic carbocycles. The summed E-state index contributed by atoms with van der Waals surface area (Å²) < 4.78 is 0. The van der Waals surface area contributed by atoms with Crippen LogP contribution < -0.4 is 4.90 Å². The predicted octanol–water partition coefficient (Wildman–Crippen LogP) is 2.12. The van der Waals surface area contributed by atoms with Gasteiger partial charge in [0.2, 0.25) is 0 Å². The maximum absolute atomic E-state index is 11.0. The van der Waals surface area contributed by atoms with Crippen LogP contribution >= 0.6 is 0 Å². The van der Waals surface area contributed by atoms with Gasteiger partial charge in [0.05, 0.1) is 0 Å². The quantitative estimate of drug-likeness (QED) is 0.908. The zero-order valence-electron chi connectivity index (χ0n) is 10.9. The molecule has 0 radical (unpaired) electrons. The molecule has 5 heteroatoms. The summed E-state index contributed by atoms with van der Waals surface area (Å²) in [4.78, 5) is 21.0. The number of aromatic carboxylic acids is 1. The average molecular weight is 257 g/mol. The van der Waals surface area contributed by atoms with Gasteiger partial charge in [-0.05, 0) is 12.5 Å². The van der Waals surface area contributed by atoms with Crippen molar-refractivity contribution in [2.45, 2.75) is 13.5 Å². The lowest BCUT2D eigenvalue weighted by Gasteiger charge is -2.18. The van der Waals surface area contributed by atoms with Crippen molar-refractivity contribution in [3.63, 3.8) is 0 Å². The molecule has 98 valence electrons. The third-order valence-electron chi connectivity index (χ3n) is 2.70. The largest absolute Gasteiger partial charge is 0.477 e. The highest BCUT2D eigenvalue weighted by atomic mass is 16.4. The van der Waals surface area contributed by atoms with Crippen LogP contribution in [0, 0.1) is 6.92 Å². The number of aryl methyl sites for hydroxylation is 1. The first-order valence-corrected chi connectivity index (χ1v) is 5.90. The Morgan fingerprint density at radius 1 is 1.26 bits per heavy atom. The topological polar surface area (TPSA) is 66.3 Å². The maximum Gasteiger partial charge on any atom is 0.354 e. The first-order chi connectivity index (χ1) is 9.06. The van der Waals surface area contributed by atoms with E-state index in [0.29, 0.717) is 18.2 Å². The summed E-state index contributed by atoms with van der Waals surface area (Å²) in [5, 5.41) is 9.00. The molecule has 0 spiro atoms. The van der Waals surface area contributed by atoms with Crippen LogP contribution in [0.5, 0.6) is 0 Å². The van der Waals surface area contributed by atoms with E-state index in [-0.39, 0.29) is 5.69 Å². The van der Waals surface area contributed by atoms with Crippen LogP contribution in [0.25, 0.3) is 0 Å². The zero-order chi connectivity index (χ0) is 13.8. The number of hydrogen-bond donors (Lipinski definition) is 1.